The zero-order chi connectivity index (χ0) is 30.9. The molecular weight excluding hydrogens is 592 g/mol. The Morgan fingerprint density at radius 1 is 0.978 bits per heavy atom. The summed E-state index contributed by atoms with van der Waals surface area (Å²) in [6.45, 7) is 6.64. The number of piperazine rings is 1. The van der Waals surface area contributed by atoms with Gasteiger partial charge in [0, 0.05) is 54.6 Å². The molecule has 2 aliphatic rings. The SMILES string of the molecule is CCOC(=O)c1cccc(Nc2cc(N3CCN(CCOc4ccc(Cl)cc4)CC3)c3noc4c3c2C(=O)c2ccccc2-4)c1. The van der Waals surface area contributed by atoms with Gasteiger partial charge in [-0.3, -0.25) is 9.69 Å². The number of anilines is 3. The van der Waals surface area contributed by atoms with Crippen LogP contribution in [-0.4, -0.2) is 67.7 Å². The monoisotopic (exact) mass is 622 g/mol. The highest BCUT2D eigenvalue weighted by atomic mass is 35.5. The topological polar surface area (TPSA) is 97.1 Å². The highest BCUT2D eigenvalue weighted by Gasteiger charge is 2.34. The highest BCUT2D eigenvalue weighted by Crippen LogP contribution is 2.46. The zero-order valence-electron chi connectivity index (χ0n) is 24.7. The number of ether oxygens (including phenoxy) is 2. The fourth-order valence-electron chi connectivity index (χ4n) is 6.01. The summed E-state index contributed by atoms with van der Waals surface area (Å²) in [5.41, 5.74) is 5.06. The first-order valence-corrected chi connectivity index (χ1v) is 15.4. The van der Waals surface area contributed by atoms with Gasteiger partial charge >= 0.3 is 5.97 Å². The molecule has 228 valence electrons. The van der Waals surface area contributed by atoms with Crippen molar-refractivity contribution in [3.8, 4) is 17.1 Å². The number of benzene rings is 4. The minimum Gasteiger partial charge on any atom is -0.492 e. The average molecular weight is 623 g/mol. The van der Waals surface area contributed by atoms with Gasteiger partial charge in [-0.1, -0.05) is 47.1 Å². The Morgan fingerprint density at radius 2 is 1.76 bits per heavy atom. The first kappa shape index (κ1) is 28.9. The molecule has 1 saturated heterocycles. The summed E-state index contributed by atoms with van der Waals surface area (Å²) in [6.07, 6.45) is 0. The van der Waals surface area contributed by atoms with Crippen LogP contribution in [0.2, 0.25) is 5.02 Å². The van der Waals surface area contributed by atoms with Crippen LogP contribution in [0.25, 0.3) is 22.2 Å². The molecule has 45 heavy (non-hydrogen) atoms. The molecule has 0 radical (unpaired) electrons. The van der Waals surface area contributed by atoms with Crippen molar-refractivity contribution in [3.63, 3.8) is 0 Å². The predicted octanol–water partition coefficient (Wildman–Crippen LogP) is 6.81. The van der Waals surface area contributed by atoms with Crippen LogP contribution in [0.1, 0.15) is 33.2 Å². The van der Waals surface area contributed by atoms with Gasteiger partial charge in [-0.05, 0) is 55.5 Å². The molecule has 0 amide bonds. The Hall–Kier alpha value is -4.86. The third-order valence-electron chi connectivity index (χ3n) is 8.23. The minimum absolute atomic E-state index is 0.104. The summed E-state index contributed by atoms with van der Waals surface area (Å²) in [5.74, 6) is 0.875. The molecule has 10 heteroatoms. The van der Waals surface area contributed by atoms with Crippen molar-refractivity contribution >= 4 is 51.3 Å². The normalized spacial score (nSPS) is 14.4. The summed E-state index contributed by atoms with van der Waals surface area (Å²) in [7, 11) is 0. The van der Waals surface area contributed by atoms with Gasteiger partial charge < -0.3 is 24.2 Å². The molecule has 1 N–H and O–H groups in total. The lowest BCUT2D eigenvalue weighted by Crippen LogP contribution is -2.47. The van der Waals surface area contributed by atoms with Crippen LogP contribution in [0.4, 0.5) is 17.1 Å². The van der Waals surface area contributed by atoms with Crippen LogP contribution in [0, 0.1) is 0 Å². The van der Waals surface area contributed by atoms with Crippen LogP contribution in [0.3, 0.4) is 0 Å². The van der Waals surface area contributed by atoms with E-state index in [2.05, 4.69) is 20.3 Å². The lowest BCUT2D eigenvalue weighted by Gasteiger charge is -2.36. The quantitative estimate of drug-likeness (QED) is 0.174. The van der Waals surface area contributed by atoms with E-state index in [9.17, 15) is 9.59 Å². The van der Waals surface area contributed by atoms with Crippen LogP contribution < -0.4 is 15.0 Å². The third-order valence-corrected chi connectivity index (χ3v) is 8.49. The molecule has 9 nitrogen and oxygen atoms in total. The van der Waals surface area contributed by atoms with Crippen molar-refractivity contribution in [2.24, 2.45) is 0 Å². The third kappa shape index (κ3) is 5.61. The summed E-state index contributed by atoms with van der Waals surface area (Å²) in [6, 6.07) is 23.9. The number of nitrogens with zero attached hydrogens (tertiary/aromatic N) is 3. The van der Waals surface area contributed by atoms with Crippen LogP contribution in [0.15, 0.2) is 83.4 Å². The molecule has 0 bridgehead atoms. The standard InChI is InChI=1S/C35H31ClN4O5/c1-2-43-35(42)22-6-5-7-24(20-22)37-28-21-29(32-31-30(28)33(41)26-8-3-4-9-27(26)34(31)45-38-32)40-16-14-39(15-17-40)18-19-44-25-12-10-23(36)11-13-25/h3-13,20-21,37H,2,14-19H2,1H3. The first-order chi connectivity index (χ1) is 22.0. The van der Waals surface area contributed by atoms with Gasteiger partial charge in [0.15, 0.2) is 11.5 Å². The Morgan fingerprint density at radius 3 is 2.53 bits per heavy atom. The predicted molar refractivity (Wildman–Crippen MR) is 174 cm³/mol. The van der Waals surface area contributed by atoms with E-state index in [0.717, 1.165) is 49.7 Å². The molecule has 4 aromatic carbocycles. The fraction of sp³-hybridized carbons (Fsp3) is 0.229. The molecule has 2 heterocycles. The van der Waals surface area contributed by atoms with Crippen molar-refractivity contribution in [2.45, 2.75) is 6.92 Å². The van der Waals surface area contributed by atoms with Gasteiger partial charge in [0.05, 0.1) is 34.5 Å². The number of halogens is 1. The van der Waals surface area contributed by atoms with E-state index in [-0.39, 0.29) is 12.4 Å². The maximum absolute atomic E-state index is 14.0. The number of esters is 1. The molecule has 1 aliphatic heterocycles. The Balaban J connectivity index is 1.18. The number of aromatic nitrogens is 1. The highest BCUT2D eigenvalue weighted by molar-refractivity contribution is 6.30. The summed E-state index contributed by atoms with van der Waals surface area (Å²) in [5, 5.41) is 9.33. The van der Waals surface area contributed by atoms with Crippen LogP contribution >= 0.6 is 11.6 Å². The maximum Gasteiger partial charge on any atom is 0.338 e. The molecule has 0 atom stereocenters. The number of hydrogen-bond acceptors (Lipinski definition) is 9. The summed E-state index contributed by atoms with van der Waals surface area (Å²) < 4.78 is 17.1. The van der Waals surface area contributed by atoms with Gasteiger partial charge in [-0.15, -0.1) is 0 Å². The second-order valence-corrected chi connectivity index (χ2v) is 11.4. The Labute approximate surface area is 265 Å². The van der Waals surface area contributed by atoms with E-state index in [0.29, 0.717) is 56.4 Å². The number of carbonyl (C=O) groups excluding carboxylic acids is 2. The molecular formula is C35H31ClN4O5. The van der Waals surface area contributed by atoms with Gasteiger partial charge in [-0.2, -0.15) is 0 Å². The van der Waals surface area contributed by atoms with Crippen LogP contribution in [0.5, 0.6) is 5.75 Å². The number of ketones is 1. The van der Waals surface area contributed by atoms with E-state index in [1.807, 2.05) is 60.7 Å². The van der Waals surface area contributed by atoms with E-state index >= 15 is 0 Å². The lowest BCUT2D eigenvalue weighted by molar-refractivity contribution is 0.0526. The molecule has 0 spiro atoms. The molecule has 0 saturated carbocycles. The maximum atomic E-state index is 14.0. The minimum atomic E-state index is -0.401. The lowest BCUT2D eigenvalue weighted by atomic mass is 9.86. The first-order valence-electron chi connectivity index (χ1n) is 15.0. The number of nitrogens with one attached hydrogen (secondary N) is 1. The number of rotatable bonds is 9. The second-order valence-electron chi connectivity index (χ2n) is 11.0. The van der Waals surface area contributed by atoms with E-state index < -0.39 is 5.97 Å². The summed E-state index contributed by atoms with van der Waals surface area (Å²) >= 11 is 5.98. The van der Waals surface area contributed by atoms with Crippen molar-refractivity contribution in [3.05, 3.63) is 101 Å². The van der Waals surface area contributed by atoms with Gasteiger partial charge in [0.2, 0.25) is 0 Å². The molecule has 1 aliphatic carbocycles. The molecule has 1 aromatic heterocycles. The second kappa shape index (κ2) is 12.3. The smallest absolute Gasteiger partial charge is 0.338 e. The van der Waals surface area contributed by atoms with Gasteiger partial charge in [0.1, 0.15) is 17.9 Å². The number of fused-ring (bicyclic) bond motifs is 2. The molecule has 5 aromatic rings. The van der Waals surface area contributed by atoms with Crippen molar-refractivity contribution in [1.82, 2.24) is 10.1 Å². The van der Waals surface area contributed by atoms with Crippen LogP contribution in [-0.2, 0) is 4.74 Å². The average Bonchev–Trinajstić information content (AvgIpc) is 3.51. The van der Waals surface area contributed by atoms with Gasteiger partial charge in [-0.25, -0.2) is 4.79 Å². The van der Waals surface area contributed by atoms with Gasteiger partial charge in [0.25, 0.3) is 0 Å². The molecule has 7 rings (SSSR count). The Bertz CT molecular complexity index is 1900. The van der Waals surface area contributed by atoms with Crippen molar-refractivity contribution in [2.75, 3.05) is 56.2 Å². The fourth-order valence-corrected chi connectivity index (χ4v) is 6.14. The van der Waals surface area contributed by atoms with E-state index in [1.165, 1.54) is 0 Å². The Kier molecular flexibility index (Phi) is 7.87. The largest absolute Gasteiger partial charge is 0.492 e. The molecule has 0 unspecified atom stereocenters. The number of hydrogen-bond donors (Lipinski definition) is 1. The summed E-state index contributed by atoms with van der Waals surface area (Å²) in [4.78, 5) is 31.1. The zero-order valence-corrected chi connectivity index (χ0v) is 25.5. The van der Waals surface area contributed by atoms with E-state index in [1.54, 1.807) is 25.1 Å². The molecule has 1 fully saturated rings. The van der Waals surface area contributed by atoms with Crippen molar-refractivity contribution in [1.29, 1.82) is 0 Å². The van der Waals surface area contributed by atoms with E-state index in [4.69, 9.17) is 25.6 Å². The number of carbonyl (C=O) groups is 2. The van der Waals surface area contributed by atoms with Crippen molar-refractivity contribution < 1.29 is 23.6 Å².